The highest BCUT2D eigenvalue weighted by Gasteiger charge is 2.21. The lowest BCUT2D eigenvalue weighted by molar-refractivity contribution is 1.14. The number of fused-ring (bicyclic) bond motifs is 15. The molecule has 4 heteroatoms. The summed E-state index contributed by atoms with van der Waals surface area (Å²) in [6, 6.07) is 67.6. The van der Waals surface area contributed by atoms with Crippen molar-refractivity contribution in [1.29, 1.82) is 0 Å². The third-order valence-electron chi connectivity index (χ3n) is 11.9. The van der Waals surface area contributed by atoms with Gasteiger partial charge in [0.2, 0.25) is 0 Å². The molecule has 4 aromatic heterocycles. The van der Waals surface area contributed by atoms with Crippen molar-refractivity contribution in [3.8, 4) is 22.5 Å². The zero-order valence-corrected chi connectivity index (χ0v) is 31.7. The molecule has 0 amide bonds. The summed E-state index contributed by atoms with van der Waals surface area (Å²) in [5.74, 6) is 0. The van der Waals surface area contributed by atoms with Crippen molar-refractivity contribution < 1.29 is 0 Å². The maximum absolute atomic E-state index is 2.50. The van der Waals surface area contributed by atoms with Gasteiger partial charge in [0.25, 0.3) is 0 Å². The van der Waals surface area contributed by atoms with Crippen LogP contribution in [0.4, 0.5) is 0 Å². The average molecular weight is 747 g/mol. The van der Waals surface area contributed by atoms with E-state index < -0.39 is 0 Å². The van der Waals surface area contributed by atoms with E-state index in [0.29, 0.717) is 0 Å². The lowest BCUT2D eigenvalue weighted by atomic mass is 10.00. The molecule has 9 aromatic carbocycles. The first-order valence-electron chi connectivity index (χ1n) is 19.1. The fourth-order valence-electron chi connectivity index (χ4n) is 9.42. The first kappa shape index (κ1) is 30.6. The molecule has 0 saturated carbocycles. The highest BCUT2D eigenvalue weighted by atomic mass is 32.1. The number of hydrogen-bond donors (Lipinski definition) is 0. The van der Waals surface area contributed by atoms with Crippen molar-refractivity contribution in [2.24, 2.45) is 0 Å². The van der Waals surface area contributed by atoms with Crippen molar-refractivity contribution in [2.45, 2.75) is 0 Å². The van der Waals surface area contributed by atoms with Crippen LogP contribution < -0.4 is 0 Å². The zero-order valence-electron chi connectivity index (χ0n) is 30.0. The fourth-order valence-corrected chi connectivity index (χ4v) is 11.9. The first-order chi connectivity index (χ1) is 27.8. The van der Waals surface area contributed by atoms with Crippen LogP contribution in [0.15, 0.2) is 182 Å². The van der Waals surface area contributed by atoms with E-state index in [4.69, 9.17) is 0 Å². The number of para-hydroxylation sites is 2. The standard InChI is InChI=1S/C52H30N2S2/c1-2-12-32-27-33(22-21-31(32)11-1)34-28-35(53-43-17-7-3-15-41(43)49-45(53)25-23-39-37-13-5-9-19-47(37)55-51(39)49)30-36(29-34)54-44-18-8-4-16-42(44)50-46(54)26-24-40-38-14-6-10-20-48(38)56-52(40)50/h1-30H. The molecule has 0 radical (unpaired) electrons. The van der Waals surface area contributed by atoms with Gasteiger partial charge in [-0.3, -0.25) is 0 Å². The van der Waals surface area contributed by atoms with Gasteiger partial charge in [-0.1, -0.05) is 121 Å². The number of hydrogen-bond acceptors (Lipinski definition) is 2. The molecular weight excluding hydrogens is 717 g/mol. The third-order valence-corrected chi connectivity index (χ3v) is 14.3. The minimum atomic E-state index is 1.14. The number of rotatable bonds is 3. The van der Waals surface area contributed by atoms with E-state index in [9.17, 15) is 0 Å². The minimum Gasteiger partial charge on any atom is -0.309 e. The van der Waals surface area contributed by atoms with Gasteiger partial charge in [-0.15, -0.1) is 22.7 Å². The van der Waals surface area contributed by atoms with Gasteiger partial charge in [0.1, 0.15) is 0 Å². The summed E-state index contributed by atoms with van der Waals surface area (Å²) in [5.41, 5.74) is 9.55. The van der Waals surface area contributed by atoms with Gasteiger partial charge in [0, 0.05) is 73.3 Å². The largest absolute Gasteiger partial charge is 0.309 e. The molecule has 13 rings (SSSR count). The van der Waals surface area contributed by atoms with Crippen LogP contribution in [0.3, 0.4) is 0 Å². The molecule has 0 fully saturated rings. The van der Waals surface area contributed by atoms with Crippen molar-refractivity contribution >= 4 is 117 Å². The van der Waals surface area contributed by atoms with E-state index in [0.717, 1.165) is 11.4 Å². The van der Waals surface area contributed by atoms with Crippen LogP contribution in [0.1, 0.15) is 0 Å². The van der Waals surface area contributed by atoms with Crippen molar-refractivity contribution in [3.05, 3.63) is 182 Å². The maximum Gasteiger partial charge on any atom is 0.0555 e. The lowest BCUT2D eigenvalue weighted by Gasteiger charge is -2.16. The zero-order chi connectivity index (χ0) is 36.5. The maximum atomic E-state index is 2.50. The van der Waals surface area contributed by atoms with Crippen LogP contribution in [0.2, 0.25) is 0 Å². The molecule has 0 aliphatic carbocycles. The van der Waals surface area contributed by atoms with Gasteiger partial charge in [0.15, 0.2) is 0 Å². The average Bonchev–Trinajstić information content (AvgIpc) is 4.00. The SMILES string of the molecule is c1ccc2cc(-c3cc(-n4c5ccccc5c5c6sc7ccccc7c6ccc54)cc(-n4c5ccccc5c5c6sc7ccccc7c6ccc54)c3)ccc2c1. The van der Waals surface area contributed by atoms with Gasteiger partial charge in [0.05, 0.1) is 22.1 Å². The summed E-state index contributed by atoms with van der Waals surface area (Å²) < 4.78 is 10.3. The highest BCUT2D eigenvalue weighted by molar-refractivity contribution is 7.27. The van der Waals surface area contributed by atoms with Crippen molar-refractivity contribution in [3.63, 3.8) is 0 Å². The normalized spacial score (nSPS) is 12.3. The van der Waals surface area contributed by atoms with Gasteiger partial charge in [-0.25, -0.2) is 0 Å². The summed E-state index contributed by atoms with van der Waals surface area (Å²) in [5, 5.41) is 13.0. The van der Waals surface area contributed by atoms with E-state index >= 15 is 0 Å². The summed E-state index contributed by atoms with van der Waals surface area (Å²) in [6.07, 6.45) is 0. The summed E-state index contributed by atoms with van der Waals surface area (Å²) in [4.78, 5) is 0. The second kappa shape index (κ2) is 11.4. The summed E-state index contributed by atoms with van der Waals surface area (Å²) in [6.45, 7) is 0. The molecule has 13 aromatic rings. The Morgan fingerprint density at radius 3 is 1.36 bits per heavy atom. The third kappa shape index (κ3) is 4.20. The fraction of sp³-hybridized carbons (Fsp3) is 0. The molecular formula is C52H30N2S2. The predicted molar refractivity (Wildman–Crippen MR) is 244 cm³/mol. The molecule has 2 nitrogen and oxygen atoms in total. The first-order valence-corrected chi connectivity index (χ1v) is 20.7. The van der Waals surface area contributed by atoms with Crippen LogP contribution in [0, 0.1) is 0 Å². The molecule has 0 spiro atoms. The Kier molecular flexibility index (Phi) is 6.23. The molecule has 0 unspecified atom stereocenters. The molecule has 260 valence electrons. The quantitative estimate of drug-likeness (QED) is 0.170. The van der Waals surface area contributed by atoms with E-state index in [1.807, 2.05) is 22.7 Å². The molecule has 0 N–H and O–H groups in total. The van der Waals surface area contributed by atoms with Gasteiger partial charge in [-0.2, -0.15) is 0 Å². The second-order valence-electron chi connectivity index (χ2n) is 14.9. The molecule has 56 heavy (non-hydrogen) atoms. The monoisotopic (exact) mass is 746 g/mol. The van der Waals surface area contributed by atoms with Gasteiger partial charge < -0.3 is 9.13 Å². The number of nitrogens with zero attached hydrogens (tertiary/aromatic N) is 2. The smallest absolute Gasteiger partial charge is 0.0555 e. The van der Waals surface area contributed by atoms with E-state index in [1.165, 1.54) is 106 Å². The van der Waals surface area contributed by atoms with Gasteiger partial charge in [-0.05, 0) is 82.6 Å². The van der Waals surface area contributed by atoms with Crippen LogP contribution in [0.5, 0.6) is 0 Å². The molecule has 0 aliphatic rings. The van der Waals surface area contributed by atoms with Crippen molar-refractivity contribution in [1.82, 2.24) is 9.13 Å². The highest BCUT2D eigenvalue weighted by Crippen LogP contribution is 2.46. The Morgan fingerprint density at radius 1 is 0.304 bits per heavy atom. The number of thiophene rings is 2. The van der Waals surface area contributed by atoms with Gasteiger partial charge >= 0.3 is 0 Å². The number of aromatic nitrogens is 2. The summed E-state index contributed by atoms with van der Waals surface area (Å²) in [7, 11) is 0. The Bertz CT molecular complexity index is 3570. The predicted octanol–water partition coefficient (Wildman–Crippen LogP) is 15.4. The molecule has 0 atom stereocenters. The van der Waals surface area contributed by atoms with E-state index in [-0.39, 0.29) is 0 Å². The molecule has 0 aliphatic heterocycles. The van der Waals surface area contributed by atoms with Crippen LogP contribution in [0.25, 0.3) is 117 Å². The summed E-state index contributed by atoms with van der Waals surface area (Å²) >= 11 is 3.81. The Morgan fingerprint density at radius 2 is 0.786 bits per heavy atom. The molecule has 0 bridgehead atoms. The van der Waals surface area contributed by atoms with Crippen LogP contribution in [-0.4, -0.2) is 9.13 Å². The minimum absolute atomic E-state index is 1.14. The molecule has 4 heterocycles. The molecule has 0 saturated heterocycles. The van der Waals surface area contributed by atoms with Crippen LogP contribution >= 0.6 is 22.7 Å². The number of benzene rings is 9. The second-order valence-corrected chi connectivity index (χ2v) is 17.0. The Hall–Kier alpha value is -6.72. The topological polar surface area (TPSA) is 9.86 Å². The lowest BCUT2D eigenvalue weighted by Crippen LogP contribution is -2.00. The Labute approximate surface area is 329 Å². The van der Waals surface area contributed by atoms with E-state index in [1.54, 1.807) is 0 Å². The van der Waals surface area contributed by atoms with Crippen molar-refractivity contribution in [2.75, 3.05) is 0 Å². The van der Waals surface area contributed by atoms with Crippen LogP contribution in [-0.2, 0) is 0 Å². The van der Waals surface area contributed by atoms with E-state index in [2.05, 4.69) is 191 Å². The Balaban J connectivity index is 1.16.